The minimum Gasteiger partial charge on any atom is -0.355 e. The second-order valence-electron chi connectivity index (χ2n) is 9.72. The summed E-state index contributed by atoms with van der Waals surface area (Å²) in [6.07, 6.45) is 3.76. The lowest BCUT2D eigenvalue weighted by molar-refractivity contribution is 0.0965. The molecule has 0 atom stereocenters. The lowest BCUT2D eigenvalue weighted by atomic mass is 10.0. The van der Waals surface area contributed by atoms with Gasteiger partial charge in [0, 0.05) is 49.2 Å². The highest BCUT2D eigenvalue weighted by Gasteiger charge is 2.27. The van der Waals surface area contributed by atoms with E-state index in [0.29, 0.717) is 11.6 Å². The number of likely N-dealkylation sites (tertiary alicyclic amines) is 1. The Bertz CT molecular complexity index is 1130. The van der Waals surface area contributed by atoms with Gasteiger partial charge in [0.15, 0.2) is 0 Å². The summed E-state index contributed by atoms with van der Waals surface area (Å²) in [5.41, 5.74) is 3.59. The highest BCUT2D eigenvalue weighted by Crippen LogP contribution is 2.26. The number of pyridine rings is 1. The van der Waals surface area contributed by atoms with E-state index in [1.54, 1.807) is 0 Å². The molecule has 1 N–H and O–H groups in total. The third-order valence-electron chi connectivity index (χ3n) is 7.36. The zero-order valence-electron chi connectivity index (χ0n) is 19.8. The van der Waals surface area contributed by atoms with Gasteiger partial charge in [-0.15, -0.1) is 0 Å². The maximum Gasteiger partial charge on any atom is 0.129 e. The van der Waals surface area contributed by atoms with Gasteiger partial charge in [-0.2, -0.15) is 5.26 Å². The molecule has 2 aliphatic heterocycles. The fraction of sp³-hybridized carbons (Fsp3) is 0.481. The number of aromatic amines is 1. The van der Waals surface area contributed by atoms with E-state index >= 15 is 0 Å². The van der Waals surface area contributed by atoms with E-state index in [9.17, 15) is 5.26 Å². The van der Waals surface area contributed by atoms with Gasteiger partial charge in [0.2, 0.25) is 0 Å². The molecule has 5 rings (SSSR count). The molecule has 2 saturated heterocycles. The van der Waals surface area contributed by atoms with E-state index in [2.05, 4.69) is 63.9 Å². The number of fused-ring (bicyclic) bond motifs is 1. The van der Waals surface area contributed by atoms with Crippen molar-refractivity contribution in [3.63, 3.8) is 0 Å². The SMILES string of the molecule is CC(C)N1CCC(N2CCCN(c3cccc(-c4cc5ccc(C#N)cc5[nH]4)n3)CC2)CC1. The van der Waals surface area contributed by atoms with Crippen molar-refractivity contribution in [3.05, 3.63) is 48.0 Å². The first-order chi connectivity index (χ1) is 16.1. The summed E-state index contributed by atoms with van der Waals surface area (Å²) >= 11 is 0. The van der Waals surface area contributed by atoms with E-state index < -0.39 is 0 Å². The zero-order valence-corrected chi connectivity index (χ0v) is 19.8. The predicted molar refractivity (Wildman–Crippen MR) is 134 cm³/mol. The summed E-state index contributed by atoms with van der Waals surface area (Å²) in [6.45, 7) is 11.5. The highest BCUT2D eigenvalue weighted by molar-refractivity contribution is 5.86. The summed E-state index contributed by atoms with van der Waals surface area (Å²) in [7, 11) is 0. The number of piperidine rings is 1. The molecule has 172 valence electrons. The van der Waals surface area contributed by atoms with Crippen LogP contribution in [0.4, 0.5) is 5.82 Å². The molecule has 3 aromatic rings. The Kier molecular flexibility index (Phi) is 6.34. The first-order valence-electron chi connectivity index (χ1n) is 12.3. The van der Waals surface area contributed by atoms with Gasteiger partial charge in [0.1, 0.15) is 5.82 Å². The van der Waals surface area contributed by atoms with Crippen molar-refractivity contribution >= 4 is 16.7 Å². The molecule has 2 aromatic heterocycles. The van der Waals surface area contributed by atoms with Crippen molar-refractivity contribution < 1.29 is 0 Å². The van der Waals surface area contributed by atoms with Gasteiger partial charge in [0.05, 0.1) is 23.0 Å². The Labute approximate surface area is 196 Å². The first-order valence-corrected chi connectivity index (χ1v) is 12.3. The molecule has 6 nitrogen and oxygen atoms in total. The summed E-state index contributed by atoms with van der Waals surface area (Å²) < 4.78 is 0. The average molecular weight is 443 g/mol. The lowest BCUT2D eigenvalue weighted by Gasteiger charge is -2.39. The van der Waals surface area contributed by atoms with Crippen molar-refractivity contribution in [2.24, 2.45) is 0 Å². The largest absolute Gasteiger partial charge is 0.355 e. The van der Waals surface area contributed by atoms with Crippen LogP contribution < -0.4 is 4.90 Å². The summed E-state index contributed by atoms with van der Waals surface area (Å²) in [5.74, 6) is 1.06. The van der Waals surface area contributed by atoms with Crippen LogP contribution >= 0.6 is 0 Å². The second-order valence-corrected chi connectivity index (χ2v) is 9.72. The molecule has 0 bridgehead atoms. The molecule has 6 heteroatoms. The van der Waals surface area contributed by atoms with Crippen LogP contribution in [-0.2, 0) is 0 Å². The van der Waals surface area contributed by atoms with E-state index in [-0.39, 0.29) is 0 Å². The zero-order chi connectivity index (χ0) is 22.8. The normalized spacial score (nSPS) is 19.2. The van der Waals surface area contributed by atoms with Crippen LogP contribution in [0.5, 0.6) is 0 Å². The smallest absolute Gasteiger partial charge is 0.129 e. The van der Waals surface area contributed by atoms with Gasteiger partial charge in [0.25, 0.3) is 0 Å². The fourth-order valence-corrected chi connectivity index (χ4v) is 5.38. The molecule has 0 unspecified atom stereocenters. The fourth-order valence-electron chi connectivity index (χ4n) is 5.38. The van der Waals surface area contributed by atoms with Gasteiger partial charge >= 0.3 is 0 Å². The summed E-state index contributed by atoms with van der Waals surface area (Å²) in [4.78, 5) is 16.3. The molecule has 0 saturated carbocycles. The topological polar surface area (TPSA) is 62.2 Å². The molecule has 0 amide bonds. The Morgan fingerprint density at radius 2 is 1.85 bits per heavy atom. The van der Waals surface area contributed by atoms with Crippen LogP contribution in [0.3, 0.4) is 0 Å². The van der Waals surface area contributed by atoms with Crippen LogP contribution in [0, 0.1) is 11.3 Å². The molecule has 33 heavy (non-hydrogen) atoms. The number of benzene rings is 1. The molecule has 4 heterocycles. The number of aromatic nitrogens is 2. The van der Waals surface area contributed by atoms with Gasteiger partial charge < -0.3 is 14.8 Å². The van der Waals surface area contributed by atoms with Gasteiger partial charge in [-0.3, -0.25) is 4.90 Å². The molecular weight excluding hydrogens is 408 g/mol. The molecule has 2 fully saturated rings. The molecule has 0 radical (unpaired) electrons. The Balaban J connectivity index is 1.27. The van der Waals surface area contributed by atoms with Gasteiger partial charge in [-0.05, 0) is 76.5 Å². The Hall–Kier alpha value is -2.88. The summed E-state index contributed by atoms with van der Waals surface area (Å²) in [5, 5.41) is 10.3. The number of nitrogens with zero attached hydrogens (tertiary/aromatic N) is 5. The first kappa shape index (κ1) is 21.9. The third kappa shape index (κ3) is 4.75. The lowest BCUT2D eigenvalue weighted by Crippen LogP contribution is -2.47. The Morgan fingerprint density at radius 1 is 1.00 bits per heavy atom. The third-order valence-corrected chi connectivity index (χ3v) is 7.36. The number of anilines is 1. The molecule has 2 aliphatic rings. The molecule has 0 spiro atoms. The van der Waals surface area contributed by atoms with Crippen LogP contribution in [-0.4, -0.2) is 71.1 Å². The van der Waals surface area contributed by atoms with E-state index in [0.717, 1.165) is 53.8 Å². The number of hydrogen-bond acceptors (Lipinski definition) is 5. The van der Waals surface area contributed by atoms with Crippen LogP contribution in [0.25, 0.3) is 22.3 Å². The number of hydrogen-bond donors (Lipinski definition) is 1. The quantitative estimate of drug-likeness (QED) is 0.645. The van der Waals surface area contributed by atoms with E-state index in [4.69, 9.17) is 4.98 Å². The van der Waals surface area contributed by atoms with Crippen molar-refractivity contribution in [2.45, 2.75) is 45.2 Å². The van der Waals surface area contributed by atoms with Crippen molar-refractivity contribution in [1.29, 1.82) is 5.26 Å². The standard InChI is InChI=1S/C27H34N6/c1-20(2)31-13-9-23(10-14-31)32-11-4-12-33(16-15-32)27-6-3-5-24(30-27)26-18-22-8-7-21(19-28)17-25(22)29-26/h3,5-8,17-18,20,23,29H,4,9-16H2,1-2H3. The Morgan fingerprint density at radius 3 is 2.64 bits per heavy atom. The van der Waals surface area contributed by atoms with Crippen LogP contribution in [0.15, 0.2) is 42.5 Å². The molecular formula is C27H34N6. The second kappa shape index (κ2) is 9.54. The maximum atomic E-state index is 9.17. The van der Waals surface area contributed by atoms with E-state index in [1.807, 2.05) is 18.2 Å². The van der Waals surface area contributed by atoms with Crippen LogP contribution in [0.1, 0.15) is 38.7 Å². The van der Waals surface area contributed by atoms with Gasteiger partial charge in [-0.1, -0.05) is 12.1 Å². The number of H-pyrrole nitrogens is 1. The highest BCUT2D eigenvalue weighted by atomic mass is 15.3. The minimum absolute atomic E-state index is 0.662. The summed E-state index contributed by atoms with van der Waals surface area (Å²) in [6, 6.07) is 17.8. The number of nitrogens with one attached hydrogen (secondary N) is 1. The van der Waals surface area contributed by atoms with Crippen molar-refractivity contribution in [2.75, 3.05) is 44.2 Å². The van der Waals surface area contributed by atoms with Crippen molar-refractivity contribution in [1.82, 2.24) is 19.8 Å². The van der Waals surface area contributed by atoms with Gasteiger partial charge in [-0.25, -0.2) is 4.98 Å². The van der Waals surface area contributed by atoms with E-state index in [1.165, 1.54) is 38.9 Å². The monoisotopic (exact) mass is 442 g/mol. The molecule has 1 aromatic carbocycles. The predicted octanol–water partition coefficient (Wildman–Crippen LogP) is 4.49. The minimum atomic E-state index is 0.662. The number of nitriles is 1. The van der Waals surface area contributed by atoms with Crippen molar-refractivity contribution in [3.8, 4) is 17.5 Å². The molecule has 0 aliphatic carbocycles. The number of rotatable bonds is 4. The average Bonchev–Trinajstić information content (AvgIpc) is 3.12. The maximum absolute atomic E-state index is 9.17. The van der Waals surface area contributed by atoms with Crippen LogP contribution in [0.2, 0.25) is 0 Å².